The average molecular weight is 349 g/mol. The van der Waals surface area contributed by atoms with Crippen molar-refractivity contribution in [1.82, 2.24) is 24.6 Å². The van der Waals surface area contributed by atoms with Crippen LogP contribution in [-0.2, 0) is 17.8 Å². The third kappa shape index (κ3) is 4.19. The molecule has 3 rings (SSSR count). The first-order chi connectivity index (χ1) is 11.6. The fourth-order valence-electron chi connectivity index (χ4n) is 2.77. The normalized spacial score (nSPS) is 17.8. The van der Waals surface area contributed by atoms with Crippen LogP contribution in [0.3, 0.4) is 0 Å². The highest BCUT2D eigenvalue weighted by Gasteiger charge is 2.27. The molecule has 24 heavy (non-hydrogen) atoms. The highest BCUT2D eigenvalue weighted by Crippen LogP contribution is 2.18. The molecule has 1 amide bonds. The van der Waals surface area contributed by atoms with Crippen LogP contribution in [0.25, 0.3) is 0 Å². The van der Waals surface area contributed by atoms with Crippen molar-refractivity contribution in [2.45, 2.75) is 13.1 Å². The molecule has 0 spiro atoms. The molecule has 130 valence electrons. The molecule has 0 saturated heterocycles. The van der Waals surface area contributed by atoms with Gasteiger partial charge in [0.25, 0.3) is 5.91 Å². The SMILES string of the molecule is CN(C)CCOC[C@@H]1CN(C(=O)c2cscn2)Cc2ccnn2C1. The lowest BCUT2D eigenvalue weighted by molar-refractivity contribution is 0.0557. The van der Waals surface area contributed by atoms with E-state index in [0.717, 1.165) is 18.8 Å². The maximum Gasteiger partial charge on any atom is 0.273 e. The number of hydrogen-bond donors (Lipinski definition) is 0. The van der Waals surface area contributed by atoms with Crippen molar-refractivity contribution in [3.63, 3.8) is 0 Å². The molecule has 8 heteroatoms. The van der Waals surface area contributed by atoms with Crippen molar-refractivity contribution in [2.24, 2.45) is 5.92 Å². The maximum atomic E-state index is 12.7. The third-order valence-electron chi connectivity index (χ3n) is 4.04. The second-order valence-electron chi connectivity index (χ2n) is 6.31. The maximum absolute atomic E-state index is 12.7. The van der Waals surface area contributed by atoms with Gasteiger partial charge in [0.05, 0.1) is 31.0 Å². The summed E-state index contributed by atoms with van der Waals surface area (Å²) >= 11 is 1.44. The van der Waals surface area contributed by atoms with Crippen LogP contribution in [0.5, 0.6) is 0 Å². The summed E-state index contributed by atoms with van der Waals surface area (Å²) in [4.78, 5) is 20.8. The number of likely N-dealkylation sites (N-methyl/N-ethyl adjacent to an activating group) is 1. The summed E-state index contributed by atoms with van der Waals surface area (Å²) in [6.07, 6.45) is 1.79. The van der Waals surface area contributed by atoms with Crippen molar-refractivity contribution >= 4 is 17.2 Å². The van der Waals surface area contributed by atoms with Gasteiger partial charge in [-0.2, -0.15) is 5.10 Å². The van der Waals surface area contributed by atoms with Gasteiger partial charge in [0.15, 0.2) is 0 Å². The lowest BCUT2D eigenvalue weighted by Gasteiger charge is -2.23. The number of aromatic nitrogens is 3. The third-order valence-corrected chi connectivity index (χ3v) is 4.63. The van der Waals surface area contributed by atoms with E-state index in [4.69, 9.17) is 4.74 Å². The summed E-state index contributed by atoms with van der Waals surface area (Å²) in [5.74, 6) is 0.195. The number of carbonyl (C=O) groups is 1. The molecule has 0 aromatic carbocycles. The molecule has 0 saturated carbocycles. The molecule has 1 aliphatic rings. The Labute approximate surface area is 145 Å². The van der Waals surface area contributed by atoms with E-state index in [9.17, 15) is 4.79 Å². The number of amides is 1. The molecule has 2 aromatic rings. The van der Waals surface area contributed by atoms with Crippen molar-refractivity contribution in [1.29, 1.82) is 0 Å². The van der Waals surface area contributed by atoms with E-state index >= 15 is 0 Å². The van der Waals surface area contributed by atoms with Gasteiger partial charge in [0.2, 0.25) is 0 Å². The van der Waals surface area contributed by atoms with Crippen molar-refractivity contribution in [3.8, 4) is 0 Å². The van der Waals surface area contributed by atoms with Crippen LogP contribution in [0.4, 0.5) is 0 Å². The number of hydrogen-bond acceptors (Lipinski definition) is 6. The van der Waals surface area contributed by atoms with Crippen LogP contribution in [0.15, 0.2) is 23.2 Å². The average Bonchev–Trinajstić information content (AvgIpc) is 3.19. The zero-order valence-electron chi connectivity index (χ0n) is 14.1. The van der Waals surface area contributed by atoms with E-state index in [1.54, 1.807) is 17.1 Å². The van der Waals surface area contributed by atoms with Crippen LogP contribution >= 0.6 is 11.3 Å². The van der Waals surface area contributed by atoms with E-state index in [1.807, 2.05) is 29.7 Å². The molecule has 0 fully saturated rings. The molecule has 7 nitrogen and oxygen atoms in total. The highest BCUT2D eigenvalue weighted by atomic mass is 32.1. The quantitative estimate of drug-likeness (QED) is 0.733. The van der Waals surface area contributed by atoms with Gasteiger partial charge in [-0.25, -0.2) is 4.98 Å². The van der Waals surface area contributed by atoms with Gasteiger partial charge >= 0.3 is 0 Å². The largest absolute Gasteiger partial charge is 0.380 e. The second kappa shape index (κ2) is 7.87. The first-order valence-corrected chi connectivity index (χ1v) is 8.98. The number of ether oxygens (including phenoxy) is 1. The molecule has 1 aliphatic heterocycles. The van der Waals surface area contributed by atoms with E-state index in [0.29, 0.717) is 32.0 Å². The first kappa shape index (κ1) is 17.1. The van der Waals surface area contributed by atoms with Gasteiger partial charge in [-0.15, -0.1) is 11.3 Å². The number of nitrogens with zero attached hydrogens (tertiary/aromatic N) is 5. The second-order valence-corrected chi connectivity index (χ2v) is 7.03. The Morgan fingerprint density at radius 2 is 2.33 bits per heavy atom. The Hall–Kier alpha value is -1.77. The minimum atomic E-state index is -0.0239. The van der Waals surface area contributed by atoms with E-state index < -0.39 is 0 Å². The van der Waals surface area contributed by atoms with Gasteiger partial charge in [0, 0.05) is 37.1 Å². The minimum Gasteiger partial charge on any atom is -0.380 e. The monoisotopic (exact) mass is 349 g/mol. The fraction of sp³-hybridized carbons (Fsp3) is 0.562. The molecule has 0 bridgehead atoms. The smallest absolute Gasteiger partial charge is 0.273 e. The van der Waals surface area contributed by atoms with Crippen molar-refractivity contribution in [2.75, 3.05) is 40.4 Å². The molecular formula is C16H23N5O2S. The van der Waals surface area contributed by atoms with Gasteiger partial charge in [-0.1, -0.05) is 0 Å². The first-order valence-electron chi connectivity index (χ1n) is 8.04. The predicted molar refractivity (Wildman–Crippen MR) is 91.9 cm³/mol. The Kier molecular flexibility index (Phi) is 5.60. The van der Waals surface area contributed by atoms with Gasteiger partial charge in [0.1, 0.15) is 5.69 Å². The molecule has 1 atom stereocenters. The lowest BCUT2D eigenvalue weighted by atomic mass is 10.1. The fourth-order valence-corrected chi connectivity index (χ4v) is 3.30. The summed E-state index contributed by atoms with van der Waals surface area (Å²) < 4.78 is 7.80. The Bertz CT molecular complexity index is 655. The van der Waals surface area contributed by atoms with Crippen LogP contribution in [-0.4, -0.2) is 70.9 Å². The molecule has 0 N–H and O–H groups in total. The van der Waals surface area contributed by atoms with Crippen LogP contribution in [0, 0.1) is 5.92 Å². The topological polar surface area (TPSA) is 63.5 Å². The zero-order valence-corrected chi connectivity index (χ0v) is 14.9. The molecule has 3 heterocycles. The Morgan fingerprint density at radius 1 is 1.46 bits per heavy atom. The molecule has 2 aromatic heterocycles. The molecule has 0 aliphatic carbocycles. The predicted octanol–water partition coefficient (Wildman–Crippen LogP) is 1.19. The molecule has 0 radical (unpaired) electrons. The minimum absolute atomic E-state index is 0.0239. The summed E-state index contributed by atoms with van der Waals surface area (Å²) in [6, 6.07) is 1.97. The zero-order chi connectivity index (χ0) is 16.9. The molecular weight excluding hydrogens is 326 g/mol. The standard InChI is InChI=1S/C16H23N5O2S/c1-19(2)5-6-23-10-13-7-20(16(22)15-11-24-12-17-15)9-14-3-4-18-21(14)8-13/h3-4,11-13H,5-10H2,1-2H3/t13-/m1/s1. The van der Waals surface area contributed by atoms with Gasteiger partial charge in [-0.3, -0.25) is 9.48 Å². The van der Waals surface area contributed by atoms with E-state index in [2.05, 4.69) is 15.0 Å². The van der Waals surface area contributed by atoms with Crippen LogP contribution in [0.2, 0.25) is 0 Å². The van der Waals surface area contributed by atoms with Gasteiger partial charge in [-0.05, 0) is 20.2 Å². The summed E-state index contributed by atoms with van der Waals surface area (Å²) in [5, 5.41) is 6.18. The van der Waals surface area contributed by atoms with E-state index in [-0.39, 0.29) is 11.8 Å². The van der Waals surface area contributed by atoms with Crippen LogP contribution < -0.4 is 0 Å². The summed E-state index contributed by atoms with van der Waals surface area (Å²) in [6.45, 7) is 4.18. The summed E-state index contributed by atoms with van der Waals surface area (Å²) in [5.41, 5.74) is 3.26. The number of carbonyl (C=O) groups excluding carboxylic acids is 1. The van der Waals surface area contributed by atoms with Crippen molar-refractivity contribution in [3.05, 3.63) is 34.5 Å². The number of thiazole rings is 1. The highest BCUT2D eigenvalue weighted by molar-refractivity contribution is 7.07. The molecule has 0 unspecified atom stereocenters. The Balaban J connectivity index is 1.67. The van der Waals surface area contributed by atoms with E-state index in [1.165, 1.54) is 11.3 Å². The summed E-state index contributed by atoms with van der Waals surface area (Å²) in [7, 11) is 4.05. The van der Waals surface area contributed by atoms with Gasteiger partial charge < -0.3 is 14.5 Å². The van der Waals surface area contributed by atoms with Crippen molar-refractivity contribution < 1.29 is 9.53 Å². The number of fused-ring (bicyclic) bond motifs is 1. The number of rotatable bonds is 6. The Morgan fingerprint density at radius 3 is 3.08 bits per heavy atom. The van der Waals surface area contributed by atoms with Crippen LogP contribution in [0.1, 0.15) is 16.2 Å². The lowest BCUT2D eigenvalue weighted by Crippen LogP contribution is -2.35.